The summed E-state index contributed by atoms with van der Waals surface area (Å²) in [5, 5.41) is 6.30. The number of hydrogen-bond donors (Lipinski definition) is 2. The third-order valence-electron chi connectivity index (χ3n) is 1.85. The molecule has 0 fully saturated rings. The Labute approximate surface area is 105 Å². The summed E-state index contributed by atoms with van der Waals surface area (Å²) in [5.74, 6) is 0.416. The SMILES string of the molecule is CC(C)CNC(=O)Nc1ccc(Cl)c(Cl)c1. The fourth-order valence-corrected chi connectivity index (χ4v) is 1.34. The number of carbonyl (C=O) groups excluding carboxylic acids is 1. The van der Waals surface area contributed by atoms with Crippen molar-refractivity contribution in [1.29, 1.82) is 0 Å². The van der Waals surface area contributed by atoms with Gasteiger partial charge in [0.1, 0.15) is 0 Å². The summed E-state index contributed by atoms with van der Waals surface area (Å²) >= 11 is 11.6. The lowest BCUT2D eigenvalue weighted by Crippen LogP contribution is -2.31. The van der Waals surface area contributed by atoms with Crippen LogP contribution in [-0.4, -0.2) is 12.6 Å². The first kappa shape index (κ1) is 13.1. The minimum atomic E-state index is -0.243. The summed E-state index contributed by atoms with van der Waals surface area (Å²) in [7, 11) is 0. The van der Waals surface area contributed by atoms with Gasteiger partial charge in [-0.05, 0) is 24.1 Å². The second-order valence-electron chi connectivity index (χ2n) is 3.86. The van der Waals surface area contributed by atoms with E-state index in [1.807, 2.05) is 13.8 Å². The van der Waals surface area contributed by atoms with Crippen molar-refractivity contribution in [2.45, 2.75) is 13.8 Å². The summed E-state index contributed by atoms with van der Waals surface area (Å²) in [4.78, 5) is 11.4. The van der Waals surface area contributed by atoms with E-state index in [1.54, 1.807) is 18.2 Å². The average Bonchev–Trinajstić information content (AvgIpc) is 2.21. The number of nitrogens with one attached hydrogen (secondary N) is 2. The van der Waals surface area contributed by atoms with Gasteiger partial charge < -0.3 is 10.6 Å². The molecule has 16 heavy (non-hydrogen) atoms. The number of amides is 2. The molecule has 1 aromatic carbocycles. The van der Waals surface area contributed by atoms with E-state index in [4.69, 9.17) is 23.2 Å². The summed E-state index contributed by atoms with van der Waals surface area (Å²) in [6, 6.07) is 4.70. The Morgan fingerprint density at radius 2 is 2.00 bits per heavy atom. The first-order valence-corrected chi connectivity index (χ1v) is 5.74. The van der Waals surface area contributed by atoms with Crippen molar-refractivity contribution < 1.29 is 4.79 Å². The molecule has 2 N–H and O–H groups in total. The van der Waals surface area contributed by atoms with Gasteiger partial charge in [-0.25, -0.2) is 4.79 Å². The van der Waals surface area contributed by atoms with Gasteiger partial charge in [-0.15, -0.1) is 0 Å². The lowest BCUT2D eigenvalue weighted by Gasteiger charge is -2.09. The van der Waals surface area contributed by atoms with E-state index < -0.39 is 0 Å². The van der Waals surface area contributed by atoms with Crippen molar-refractivity contribution in [3.05, 3.63) is 28.2 Å². The van der Waals surface area contributed by atoms with E-state index in [2.05, 4.69) is 10.6 Å². The number of carbonyl (C=O) groups is 1. The molecule has 0 atom stereocenters. The van der Waals surface area contributed by atoms with E-state index in [1.165, 1.54) is 0 Å². The Balaban J connectivity index is 2.53. The molecule has 0 bridgehead atoms. The molecule has 1 aromatic rings. The van der Waals surface area contributed by atoms with Gasteiger partial charge in [0.05, 0.1) is 10.0 Å². The fourth-order valence-electron chi connectivity index (χ4n) is 1.05. The highest BCUT2D eigenvalue weighted by molar-refractivity contribution is 6.42. The van der Waals surface area contributed by atoms with Crippen LogP contribution >= 0.6 is 23.2 Å². The van der Waals surface area contributed by atoms with Crippen LogP contribution in [0.25, 0.3) is 0 Å². The van der Waals surface area contributed by atoms with Gasteiger partial charge in [0.2, 0.25) is 0 Å². The standard InChI is InChI=1S/C11H14Cl2N2O/c1-7(2)6-14-11(16)15-8-3-4-9(12)10(13)5-8/h3-5,7H,6H2,1-2H3,(H2,14,15,16). The summed E-state index contributed by atoms with van der Waals surface area (Å²) < 4.78 is 0. The van der Waals surface area contributed by atoms with Crippen LogP contribution in [0.5, 0.6) is 0 Å². The van der Waals surface area contributed by atoms with Crippen molar-refractivity contribution in [3.8, 4) is 0 Å². The van der Waals surface area contributed by atoms with E-state index in [0.29, 0.717) is 28.2 Å². The Bertz CT molecular complexity index is 380. The summed E-state index contributed by atoms with van der Waals surface area (Å²) in [6.45, 7) is 4.69. The molecule has 0 aliphatic carbocycles. The van der Waals surface area contributed by atoms with Gasteiger partial charge in [0.15, 0.2) is 0 Å². The zero-order valence-corrected chi connectivity index (χ0v) is 10.7. The number of anilines is 1. The number of urea groups is 1. The number of halogens is 2. The zero-order chi connectivity index (χ0) is 12.1. The molecule has 0 aliphatic rings. The quantitative estimate of drug-likeness (QED) is 0.854. The Morgan fingerprint density at radius 1 is 1.31 bits per heavy atom. The van der Waals surface area contributed by atoms with Crippen LogP contribution in [0.4, 0.5) is 10.5 Å². The number of rotatable bonds is 3. The Morgan fingerprint density at radius 3 is 2.56 bits per heavy atom. The maximum Gasteiger partial charge on any atom is 0.319 e. The molecule has 1 rings (SSSR count). The molecule has 0 saturated carbocycles. The van der Waals surface area contributed by atoms with Crippen LogP contribution in [0.2, 0.25) is 10.0 Å². The van der Waals surface area contributed by atoms with Crippen LogP contribution in [0.3, 0.4) is 0 Å². The number of hydrogen-bond acceptors (Lipinski definition) is 1. The molecule has 3 nitrogen and oxygen atoms in total. The second-order valence-corrected chi connectivity index (χ2v) is 4.67. The van der Waals surface area contributed by atoms with Crippen LogP contribution < -0.4 is 10.6 Å². The molecule has 88 valence electrons. The molecule has 0 heterocycles. The van der Waals surface area contributed by atoms with Crippen LogP contribution in [0.1, 0.15) is 13.8 Å². The predicted octanol–water partition coefficient (Wildman–Crippen LogP) is 3.77. The molecule has 0 radical (unpaired) electrons. The molecule has 0 saturated heterocycles. The molecule has 0 aromatic heterocycles. The van der Waals surface area contributed by atoms with Crippen molar-refractivity contribution >= 4 is 34.9 Å². The first-order valence-electron chi connectivity index (χ1n) is 4.99. The molecule has 0 spiro atoms. The van der Waals surface area contributed by atoms with Gasteiger partial charge >= 0.3 is 6.03 Å². The highest BCUT2D eigenvalue weighted by Gasteiger charge is 2.04. The van der Waals surface area contributed by atoms with E-state index >= 15 is 0 Å². The monoisotopic (exact) mass is 260 g/mol. The molecule has 5 heteroatoms. The van der Waals surface area contributed by atoms with Gasteiger partial charge in [0.25, 0.3) is 0 Å². The number of benzene rings is 1. The highest BCUT2D eigenvalue weighted by Crippen LogP contribution is 2.24. The minimum absolute atomic E-state index is 0.243. The lowest BCUT2D eigenvalue weighted by molar-refractivity contribution is 0.251. The van der Waals surface area contributed by atoms with E-state index in [0.717, 1.165) is 0 Å². The van der Waals surface area contributed by atoms with E-state index in [9.17, 15) is 4.79 Å². The normalized spacial score (nSPS) is 10.3. The molecule has 0 aliphatic heterocycles. The maximum absolute atomic E-state index is 11.4. The summed E-state index contributed by atoms with van der Waals surface area (Å²) in [6.07, 6.45) is 0. The highest BCUT2D eigenvalue weighted by atomic mass is 35.5. The second kappa shape index (κ2) is 5.97. The van der Waals surface area contributed by atoms with Crippen LogP contribution in [-0.2, 0) is 0 Å². The maximum atomic E-state index is 11.4. The van der Waals surface area contributed by atoms with Crippen LogP contribution in [0.15, 0.2) is 18.2 Å². The zero-order valence-electron chi connectivity index (χ0n) is 9.18. The third-order valence-corrected chi connectivity index (χ3v) is 2.59. The topological polar surface area (TPSA) is 41.1 Å². The molecular weight excluding hydrogens is 247 g/mol. The van der Waals surface area contributed by atoms with Crippen molar-refractivity contribution in [2.75, 3.05) is 11.9 Å². The first-order chi connectivity index (χ1) is 7.49. The summed E-state index contributed by atoms with van der Waals surface area (Å²) in [5.41, 5.74) is 0.621. The minimum Gasteiger partial charge on any atom is -0.338 e. The predicted molar refractivity (Wildman–Crippen MR) is 68.3 cm³/mol. The molecule has 0 unspecified atom stereocenters. The van der Waals surface area contributed by atoms with Crippen molar-refractivity contribution in [2.24, 2.45) is 5.92 Å². The van der Waals surface area contributed by atoms with Crippen molar-refractivity contribution in [3.63, 3.8) is 0 Å². The van der Waals surface area contributed by atoms with Gasteiger partial charge in [0, 0.05) is 12.2 Å². The Hall–Kier alpha value is -0.930. The van der Waals surface area contributed by atoms with E-state index in [-0.39, 0.29) is 6.03 Å². The van der Waals surface area contributed by atoms with Gasteiger partial charge in [-0.1, -0.05) is 37.0 Å². The Kier molecular flexibility index (Phi) is 4.90. The lowest BCUT2D eigenvalue weighted by atomic mass is 10.2. The van der Waals surface area contributed by atoms with Crippen LogP contribution in [0, 0.1) is 5.92 Å². The third kappa shape index (κ3) is 4.29. The molecular formula is C11H14Cl2N2O. The largest absolute Gasteiger partial charge is 0.338 e. The van der Waals surface area contributed by atoms with Gasteiger partial charge in [-0.2, -0.15) is 0 Å². The fraction of sp³-hybridized carbons (Fsp3) is 0.364. The van der Waals surface area contributed by atoms with Crippen molar-refractivity contribution in [1.82, 2.24) is 5.32 Å². The smallest absolute Gasteiger partial charge is 0.319 e. The van der Waals surface area contributed by atoms with Gasteiger partial charge in [-0.3, -0.25) is 0 Å². The average molecular weight is 261 g/mol. The molecule has 2 amide bonds.